The summed E-state index contributed by atoms with van der Waals surface area (Å²) in [6.07, 6.45) is 1.45. The average molecular weight is 489 g/mol. The largest absolute Gasteiger partial charge is 0.490 e. The number of benzene rings is 2. The molecule has 0 saturated heterocycles. The lowest BCUT2D eigenvalue weighted by atomic mass is 10.1. The lowest BCUT2D eigenvalue weighted by Crippen LogP contribution is -2.18. The van der Waals surface area contributed by atoms with E-state index in [1.165, 1.54) is 17.6 Å². The minimum absolute atomic E-state index is 0.287. The Hall–Kier alpha value is -3.30. The van der Waals surface area contributed by atoms with Gasteiger partial charge in [0.2, 0.25) is 5.75 Å². The molecule has 8 nitrogen and oxygen atoms in total. The fourth-order valence-electron chi connectivity index (χ4n) is 2.83. The molecular weight excluding hydrogens is 464 g/mol. The van der Waals surface area contributed by atoms with Crippen LogP contribution in [0.2, 0.25) is 5.15 Å². The molecule has 174 valence electrons. The maximum atomic E-state index is 12.7. The highest BCUT2D eigenvalue weighted by atomic mass is 35.5. The molecule has 0 aliphatic carbocycles. The van der Waals surface area contributed by atoms with Crippen LogP contribution in [0.15, 0.2) is 47.6 Å². The summed E-state index contributed by atoms with van der Waals surface area (Å²) in [7, 11) is 0. The van der Waals surface area contributed by atoms with Gasteiger partial charge in [0, 0.05) is 11.3 Å². The molecule has 10 heteroatoms. The summed E-state index contributed by atoms with van der Waals surface area (Å²) < 4.78 is 17.0. The molecular formula is C23H25ClN4O4S. The molecule has 1 amide bonds. The van der Waals surface area contributed by atoms with Crippen molar-refractivity contribution in [3.8, 4) is 17.2 Å². The Balaban J connectivity index is 1.73. The zero-order valence-corrected chi connectivity index (χ0v) is 20.1. The number of ether oxygens (including phenoxy) is 3. The van der Waals surface area contributed by atoms with Crippen LogP contribution in [0.25, 0.3) is 0 Å². The molecule has 0 atom stereocenters. The molecule has 33 heavy (non-hydrogen) atoms. The van der Waals surface area contributed by atoms with Crippen molar-refractivity contribution in [2.45, 2.75) is 20.8 Å². The molecule has 0 bridgehead atoms. The van der Waals surface area contributed by atoms with Gasteiger partial charge in [-0.1, -0.05) is 41.1 Å². The summed E-state index contributed by atoms with van der Waals surface area (Å²) in [5.74, 6) is 0.902. The number of hydrazone groups is 1. The summed E-state index contributed by atoms with van der Waals surface area (Å²) >= 11 is 7.53. The number of amides is 1. The summed E-state index contributed by atoms with van der Waals surface area (Å²) in [6, 6.07) is 12.8. The van der Waals surface area contributed by atoms with Gasteiger partial charge in [-0.25, -0.2) is 10.4 Å². The van der Waals surface area contributed by atoms with Crippen molar-refractivity contribution in [3.05, 3.63) is 58.1 Å². The summed E-state index contributed by atoms with van der Waals surface area (Å²) in [5, 5.41) is 8.11. The second-order valence-electron chi connectivity index (χ2n) is 6.46. The lowest BCUT2D eigenvalue weighted by molar-refractivity contribution is 0.0954. The first kappa shape index (κ1) is 24.3. The van der Waals surface area contributed by atoms with Crippen LogP contribution in [0.5, 0.6) is 17.2 Å². The molecule has 0 radical (unpaired) electrons. The second kappa shape index (κ2) is 12.1. The van der Waals surface area contributed by atoms with E-state index in [2.05, 4.69) is 20.8 Å². The van der Waals surface area contributed by atoms with E-state index in [1.807, 2.05) is 51.1 Å². The average Bonchev–Trinajstić information content (AvgIpc) is 3.15. The molecule has 0 saturated carbocycles. The van der Waals surface area contributed by atoms with Gasteiger partial charge in [0.05, 0.1) is 30.9 Å². The minimum atomic E-state index is -0.431. The summed E-state index contributed by atoms with van der Waals surface area (Å²) in [5.41, 5.74) is 3.72. The Morgan fingerprint density at radius 3 is 2.30 bits per heavy atom. The predicted molar refractivity (Wildman–Crippen MR) is 132 cm³/mol. The Morgan fingerprint density at radius 1 is 1.06 bits per heavy atom. The molecule has 0 spiro atoms. The van der Waals surface area contributed by atoms with E-state index in [0.717, 1.165) is 5.69 Å². The lowest BCUT2D eigenvalue weighted by Gasteiger charge is -2.16. The van der Waals surface area contributed by atoms with Crippen LogP contribution in [0, 0.1) is 0 Å². The molecule has 0 aliphatic rings. The van der Waals surface area contributed by atoms with Gasteiger partial charge in [-0.15, -0.1) is 0 Å². The van der Waals surface area contributed by atoms with Crippen LogP contribution >= 0.6 is 22.9 Å². The number of carbonyl (C=O) groups is 1. The minimum Gasteiger partial charge on any atom is -0.490 e. The van der Waals surface area contributed by atoms with E-state index in [1.54, 1.807) is 12.1 Å². The normalized spacial score (nSPS) is 10.8. The standard InChI is InChI=1S/C23H25ClN4O4S/c1-4-30-17-12-15(13-18(31-5-2)20(17)32-6-3)22(29)28-25-14-19-21(24)27-23(33-19)26-16-10-8-7-9-11-16/h7-14H,4-6H2,1-3H3,(H,26,27)(H,28,29)/b25-14-. The number of nitrogens with one attached hydrogen (secondary N) is 2. The third-order valence-electron chi connectivity index (χ3n) is 4.15. The van der Waals surface area contributed by atoms with Crippen LogP contribution in [-0.4, -0.2) is 36.9 Å². The number of rotatable bonds is 11. The smallest absolute Gasteiger partial charge is 0.271 e. The van der Waals surface area contributed by atoms with E-state index in [4.69, 9.17) is 25.8 Å². The van der Waals surface area contributed by atoms with E-state index in [0.29, 0.717) is 52.6 Å². The Kier molecular flexibility index (Phi) is 8.91. The molecule has 1 heterocycles. The van der Waals surface area contributed by atoms with Crippen LogP contribution in [0.3, 0.4) is 0 Å². The third kappa shape index (κ3) is 6.59. The van der Waals surface area contributed by atoms with Gasteiger partial charge in [-0.3, -0.25) is 4.79 Å². The molecule has 0 unspecified atom stereocenters. The number of aromatic nitrogens is 1. The Morgan fingerprint density at radius 2 is 1.70 bits per heavy atom. The van der Waals surface area contributed by atoms with E-state index < -0.39 is 5.91 Å². The zero-order chi connectivity index (χ0) is 23.6. The first-order valence-electron chi connectivity index (χ1n) is 10.4. The quantitative estimate of drug-likeness (QED) is 0.273. The van der Waals surface area contributed by atoms with Crippen molar-refractivity contribution in [2.75, 3.05) is 25.1 Å². The molecule has 2 aromatic carbocycles. The van der Waals surface area contributed by atoms with Crippen molar-refractivity contribution in [1.29, 1.82) is 0 Å². The van der Waals surface area contributed by atoms with Crippen LogP contribution < -0.4 is 25.0 Å². The fraction of sp³-hybridized carbons (Fsp3) is 0.261. The van der Waals surface area contributed by atoms with Crippen LogP contribution in [0.1, 0.15) is 36.0 Å². The highest BCUT2D eigenvalue weighted by Crippen LogP contribution is 2.39. The van der Waals surface area contributed by atoms with E-state index >= 15 is 0 Å². The number of carbonyl (C=O) groups excluding carboxylic acids is 1. The van der Waals surface area contributed by atoms with Crippen molar-refractivity contribution in [2.24, 2.45) is 5.10 Å². The highest BCUT2D eigenvalue weighted by molar-refractivity contribution is 7.17. The fourth-order valence-corrected chi connectivity index (χ4v) is 3.87. The number of halogens is 1. The van der Waals surface area contributed by atoms with Gasteiger partial charge in [-0.05, 0) is 45.0 Å². The SMILES string of the molecule is CCOc1cc(C(=O)N/N=C\c2sc(Nc3ccccc3)nc2Cl)cc(OCC)c1OCC. The van der Waals surface area contributed by atoms with Gasteiger partial charge < -0.3 is 19.5 Å². The second-order valence-corrected chi connectivity index (χ2v) is 7.85. The van der Waals surface area contributed by atoms with E-state index in [9.17, 15) is 4.79 Å². The van der Waals surface area contributed by atoms with Gasteiger partial charge in [0.25, 0.3) is 5.91 Å². The molecule has 1 aromatic heterocycles. The molecule has 3 aromatic rings. The Bertz CT molecular complexity index is 1080. The van der Waals surface area contributed by atoms with E-state index in [-0.39, 0.29) is 5.15 Å². The number of thiazole rings is 1. The van der Waals surface area contributed by atoms with Crippen molar-refractivity contribution in [1.82, 2.24) is 10.4 Å². The molecule has 2 N–H and O–H groups in total. The number of anilines is 2. The first-order chi connectivity index (χ1) is 16.0. The van der Waals surface area contributed by atoms with Gasteiger partial charge in [0.1, 0.15) is 0 Å². The van der Waals surface area contributed by atoms with Gasteiger partial charge in [-0.2, -0.15) is 5.10 Å². The van der Waals surface area contributed by atoms with Gasteiger partial charge in [0.15, 0.2) is 21.8 Å². The molecule has 3 rings (SSSR count). The number of nitrogens with zero attached hydrogens (tertiary/aromatic N) is 2. The summed E-state index contributed by atoms with van der Waals surface area (Å²) in [4.78, 5) is 17.6. The maximum Gasteiger partial charge on any atom is 0.271 e. The van der Waals surface area contributed by atoms with Crippen LogP contribution in [-0.2, 0) is 0 Å². The number of para-hydroxylation sites is 1. The van der Waals surface area contributed by atoms with Crippen molar-refractivity contribution < 1.29 is 19.0 Å². The van der Waals surface area contributed by atoms with Gasteiger partial charge >= 0.3 is 0 Å². The van der Waals surface area contributed by atoms with Crippen molar-refractivity contribution >= 4 is 45.9 Å². The predicted octanol–water partition coefficient (Wildman–Crippen LogP) is 5.50. The zero-order valence-electron chi connectivity index (χ0n) is 18.6. The Labute approximate surface area is 201 Å². The van der Waals surface area contributed by atoms with Crippen LogP contribution in [0.4, 0.5) is 10.8 Å². The third-order valence-corrected chi connectivity index (χ3v) is 5.46. The topological polar surface area (TPSA) is 94.1 Å². The molecule has 0 fully saturated rings. The number of hydrogen-bond donors (Lipinski definition) is 2. The molecule has 0 aliphatic heterocycles. The number of hydrogen-bond acceptors (Lipinski definition) is 8. The van der Waals surface area contributed by atoms with Crippen molar-refractivity contribution in [3.63, 3.8) is 0 Å². The first-order valence-corrected chi connectivity index (χ1v) is 11.6. The highest BCUT2D eigenvalue weighted by Gasteiger charge is 2.18. The summed E-state index contributed by atoms with van der Waals surface area (Å²) in [6.45, 7) is 6.84. The maximum absolute atomic E-state index is 12.7. The monoisotopic (exact) mass is 488 g/mol.